The molecule has 0 aliphatic heterocycles. The highest BCUT2D eigenvalue weighted by Gasteiger charge is 2.47. The van der Waals surface area contributed by atoms with Gasteiger partial charge in [-0.05, 0) is 12.8 Å². The van der Waals surface area contributed by atoms with Gasteiger partial charge in [-0.15, -0.1) is 0 Å². The van der Waals surface area contributed by atoms with Crippen molar-refractivity contribution in [3.63, 3.8) is 0 Å². The summed E-state index contributed by atoms with van der Waals surface area (Å²) in [6.45, 7) is -0.424. The molecule has 0 bridgehead atoms. The highest BCUT2D eigenvalue weighted by molar-refractivity contribution is 5.00. The molecular formula is C10H13F3N2O2. The van der Waals surface area contributed by atoms with E-state index in [0.29, 0.717) is 12.8 Å². The first-order valence-corrected chi connectivity index (χ1v) is 5.52. The average molecular weight is 250 g/mol. The SMILES string of the molecule is OCc1noc(C2CCCCC2C(F)(F)F)n1. The lowest BCUT2D eigenvalue weighted by Crippen LogP contribution is -2.31. The van der Waals surface area contributed by atoms with Gasteiger partial charge in [-0.3, -0.25) is 0 Å². The number of hydrogen-bond acceptors (Lipinski definition) is 4. The van der Waals surface area contributed by atoms with Crippen LogP contribution in [-0.2, 0) is 6.61 Å². The van der Waals surface area contributed by atoms with Gasteiger partial charge in [0.1, 0.15) is 6.61 Å². The first kappa shape index (κ1) is 12.3. The van der Waals surface area contributed by atoms with Crippen LogP contribution in [0.5, 0.6) is 0 Å². The predicted molar refractivity (Wildman–Crippen MR) is 51.0 cm³/mol. The zero-order valence-corrected chi connectivity index (χ0v) is 9.07. The van der Waals surface area contributed by atoms with E-state index in [2.05, 4.69) is 10.1 Å². The van der Waals surface area contributed by atoms with Crippen LogP contribution in [0, 0.1) is 5.92 Å². The number of aliphatic hydroxyl groups excluding tert-OH is 1. The van der Waals surface area contributed by atoms with Gasteiger partial charge < -0.3 is 9.63 Å². The van der Waals surface area contributed by atoms with Crippen LogP contribution >= 0.6 is 0 Å². The maximum absolute atomic E-state index is 12.8. The van der Waals surface area contributed by atoms with Crippen LogP contribution < -0.4 is 0 Å². The summed E-state index contributed by atoms with van der Waals surface area (Å²) in [5.41, 5.74) is 0. The molecule has 1 fully saturated rings. The molecule has 0 saturated heterocycles. The quantitative estimate of drug-likeness (QED) is 0.875. The van der Waals surface area contributed by atoms with Gasteiger partial charge in [-0.25, -0.2) is 0 Å². The van der Waals surface area contributed by atoms with Gasteiger partial charge in [-0.2, -0.15) is 18.2 Å². The Morgan fingerprint density at radius 1 is 1.29 bits per heavy atom. The van der Waals surface area contributed by atoms with E-state index in [0.717, 1.165) is 6.42 Å². The van der Waals surface area contributed by atoms with E-state index in [1.165, 1.54) is 0 Å². The average Bonchev–Trinajstić information content (AvgIpc) is 2.76. The number of halogens is 3. The molecule has 2 atom stereocenters. The van der Waals surface area contributed by atoms with Crippen molar-refractivity contribution in [2.45, 2.75) is 44.4 Å². The van der Waals surface area contributed by atoms with E-state index in [9.17, 15) is 13.2 Å². The normalized spacial score (nSPS) is 26.1. The molecule has 1 N–H and O–H groups in total. The number of alkyl halides is 3. The third-order valence-electron chi connectivity index (χ3n) is 3.13. The number of aliphatic hydroxyl groups is 1. The third kappa shape index (κ3) is 2.59. The molecule has 0 aromatic carbocycles. The molecule has 4 nitrogen and oxygen atoms in total. The number of rotatable bonds is 2. The molecule has 1 heterocycles. The van der Waals surface area contributed by atoms with Crippen LogP contribution in [0.1, 0.15) is 43.3 Å². The summed E-state index contributed by atoms with van der Waals surface area (Å²) in [4.78, 5) is 3.79. The topological polar surface area (TPSA) is 59.2 Å². The molecule has 2 rings (SSSR count). The fourth-order valence-electron chi connectivity index (χ4n) is 2.30. The van der Waals surface area contributed by atoms with Crippen molar-refractivity contribution < 1.29 is 22.8 Å². The van der Waals surface area contributed by atoms with Gasteiger partial charge >= 0.3 is 6.18 Å². The van der Waals surface area contributed by atoms with Gasteiger partial charge in [-0.1, -0.05) is 18.0 Å². The minimum atomic E-state index is -4.24. The van der Waals surface area contributed by atoms with Crippen LogP contribution in [0.2, 0.25) is 0 Å². The highest BCUT2D eigenvalue weighted by atomic mass is 19.4. The summed E-state index contributed by atoms with van der Waals surface area (Å²) in [5.74, 6) is -2.15. The van der Waals surface area contributed by atoms with Crippen molar-refractivity contribution in [1.82, 2.24) is 10.1 Å². The summed E-state index contributed by atoms with van der Waals surface area (Å²) >= 11 is 0. The second-order valence-corrected chi connectivity index (χ2v) is 4.25. The molecule has 17 heavy (non-hydrogen) atoms. The minimum Gasteiger partial charge on any atom is -0.388 e. The van der Waals surface area contributed by atoms with E-state index in [4.69, 9.17) is 9.63 Å². The summed E-state index contributed by atoms with van der Waals surface area (Å²) in [6, 6.07) is 0. The van der Waals surface area contributed by atoms with Crippen molar-refractivity contribution in [2.24, 2.45) is 5.92 Å². The molecular weight excluding hydrogens is 237 g/mol. The molecule has 7 heteroatoms. The Balaban J connectivity index is 2.21. The van der Waals surface area contributed by atoms with Gasteiger partial charge in [0.05, 0.1) is 5.92 Å². The zero-order valence-electron chi connectivity index (χ0n) is 9.07. The minimum absolute atomic E-state index is 0.00363. The molecule has 1 saturated carbocycles. The molecule has 2 unspecified atom stereocenters. The lowest BCUT2D eigenvalue weighted by atomic mass is 9.78. The van der Waals surface area contributed by atoms with Crippen LogP contribution in [0.3, 0.4) is 0 Å². The fraction of sp³-hybridized carbons (Fsp3) is 0.800. The van der Waals surface area contributed by atoms with Crippen molar-refractivity contribution in [3.8, 4) is 0 Å². The molecule has 0 spiro atoms. The van der Waals surface area contributed by atoms with E-state index in [1.54, 1.807) is 0 Å². The standard InChI is InChI=1S/C10H13F3N2O2/c11-10(12,13)7-4-2-1-3-6(7)9-14-8(5-16)15-17-9/h6-7,16H,1-5H2. The van der Waals surface area contributed by atoms with Crippen LogP contribution in [0.15, 0.2) is 4.52 Å². The summed E-state index contributed by atoms with van der Waals surface area (Å²) in [7, 11) is 0. The molecule has 1 aliphatic carbocycles. The number of aromatic nitrogens is 2. The van der Waals surface area contributed by atoms with E-state index in [-0.39, 0.29) is 18.1 Å². The van der Waals surface area contributed by atoms with E-state index >= 15 is 0 Å². The number of nitrogens with zero attached hydrogens (tertiary/aromatic N) is 2. The lowest BCUT2D eigenvalue weighted by molar-refractivity contribution is -0.189. The maximum Gasteiger partial charge on any atom is 0.392 e. The fourth-order valence-corrected chi connectivity index (χ4v) is 2.30. The van der Waals surface area contributed by atoms with Gasteiger partial charge in [0.15, 0.2) is 5.82 Å². The van der Waals surface area contributed by atoms with Crippen LogP contribution in [0.4, 0.5) is 13.2 Å². The Hall–Kier alpha value is -1.11. The summed E-state index contributed by atoms with van der Waals surface area (Å²) < 4.78 is 43.3. The summed E-state index contributed by atoms with van der Waals surface area (Å²) in [6.07, 6.45) is -2.43. The molecule has 1 aromatic rings. The van der Waals surface area contributed by atoms with Crippen LogP contribution in [-0.4, -0.2) is 21.4 Å². The number of hydrogen-bond donors (Lipinski definition) is 1. The Kier molecular flexibility index (Phi) is 3.37. The molecule has 0 radical (unpaired) electrons. The second kappa shape index (κ2) is 4.64. The lowest BCUT2D eigenvalue weighted by Gasteiger charge is -2.30. The Morgan fingerprint density at radius 3 is 2.59 bits per heavy atom. The van der Waals surface area contributed by atoms with Crippen LogP contribution in [0.25, 0.3) is 0 Å². The van der Waals surface area contributed by atoms with Crippen molar-refractivity contribution in [1.29, 1.82) is 0 Å². The first-order chi connectivity index (χ1) is 8.02. The predicted octanol–water partition coefficient (Wildman–Crippen LogP) is 2.40. The van der Waals surface area contributed by atoms with E-state index in [1.807, 2.05) is 0 Å². The Labute approximate surface area is 95.8 Å². The smallest absolute Gasteiger partial charge is 0.388 e. The monoisotopic (exact) mass is 250 g/mol. The zero-order chi connectivity index (χ0) is 12.5. The molecule has 96 valence electrons. The Morgan fingerprint density at radius 2 is 2.00 bits per heavy atom. The van der Waals surface area contributed by atoms with Crippen molar-refractivity contribution >= 4 is 0 Å². The van der Waals surface area contributed by atoms with Gasteiger partial charge in [0, 0.05) is 5.92 Å². The molecule has 1 aromatic heterocycles. The van der Waals surface area contributed by atoms with Gasteiger partial charge in [0.2, 0.25) is 5.89 Å². The molecule has 1 aliphatic rings. The van der Waals surface area contributed by atoms with Crippen molar-refractivity contribution in [3.05, 3.63) is 11.7 Å². The first-order valence-electron chi connectivity index (χ1n) is 5.52. The summed E-state index contributed by atoms with van der Waals surface area (Å²) in [5, 5.41) is 12.2. The third-order valence-corrected chi connectivity index (χ3v) is 3.13. The largest absolute Gasteiger partial charge is 0.392 e. The van der Waals surface area contributed by atoms with Gasteiger partial charge in [0.25, 0.3) is 0 Å². The van der Waals surface area contributed by atoms with E-state index < -0.39 is 24.6 Å². The highest BCUT2D eigenvalue weighted by Crippen LogP contribution is 2.45. The molecule has 0 amide bonds. The Bertz CT molecular complexity index is 378. The second-order valence-electron chi connectivity index (χ2n) is 4.25. The maximum atomic E-state index is 12.8. The van der Waals surface area contributed by atoms with Crippen molar-refractivity contribution in [2.75, 3.05) is 0 Å².